The molecule has 2 aliphatic rings. The minimum atomic E-state index is 0.660. The van der Waals surface area contributed by atoms with Crippen LogP contribution in [0.1, 0.15) is 57.0 Å². The smallest absolute Gasteiger partial charge is 0.113 e. The Morgan fingerprint density at radius 2 is 2.11 bits per heavy atom. The van der Waals surface area contributed by atoms with Crippen LogP contribution in [0.2, 0.25) is 0 Å². The summed E-state index contributed by atoms with van der Waals surface area (Å²) in [7, 11) is 0. The van der Waals surface area contributed by atoms with E-state index in [0.717, 1.165) is 0 Å². The summed E-state index contributed by atoms with van der Waals surface area (Å²) in [4.78, 5) is 7.36. The van der Waals surface area contributed by atoms with Crippen LogP contribution in [0, 0.1) is 0 Å². The quantitative estimate of drug-likeness (QED) is 0.801. The van der Waals surface area contributed by atoms with Gasteiger partial charge in [0.1, 0.15) is 5.82 Å². The van der Waals surface area contributed by atoms with Gasteiger partial charge in [0.15, 0.2) is 0 Å². The number of piperidine rings is 1. The fraction of sp³-hybridized carbons (Fsp3) is 0.800. The molecule has 3 rings (SSSR count). The van der Waals surface area contributed by atoms with Crippen LogP contribution in [0.5, 0.6) is 0 Å². The molecule has 1 aromatic heterocycles. The predicted molar refractivity (Wildman–Crippen MR) is 73.8 cm³/mol. The van der Waals surface area contributed by atoms with E-state index in [-0.39, 0.29) is 0 Å². The highest BCUT2D eigenvalue weighted by molar-refractivity contribution is 5.12. The molecule has 0 aromatic carbocycles. The molecule has 2 aliphatic heterocycles. The van der Waals surface area contributed by atoms with E-state index in [2.05, 4.69) is 29.5 Å². The van der Waals surface area contributed by atoms with Gasteiger partial charge < -0.3 is 9.47 Å². The highest BCUT2D eigenvalue weighted by Crippen LogP contribution is 2.29. The van der Waals surface area contributed by atoms with Crippen molar-refractivity contribution in [3.8, 4) is 0 Å². The second-order valence-electron chi connectivity index (χ2n) is 6.14. The maximum absolute atomic E-state index is 4.75. The van der Waals surface area contributed by atoms with Crippen LogP contribution in [0.4, 0.5) is 0 Å². The molecule has 18 heavy (non-hydrogen) atoms. The first kappa shape index (κ1) is 12.2. The summed E-state index contributed by atoms with van der Waals surface area (Å²) in [6.45, 7) is 8.28. The fourth-order valence-electron chi connectivity index (χ4n) is 3.47. The second-order valence-corrected chi connectivity index (χ2v) is 6.14. The van der Waals surface area contributed by atoms with Gasteiger partial charge in [-0.05, 0) is 52.5 Å². The van der Waals surface area contributed by atoms with E-state index in [1.54, 1.807) is 0 Å². The first-order valence-corrected chi connectivity index (χ1v) is 7.54. The zero-order valence-electron chi connectivity index (χ0n) is 11.7. The zero-order valence-corrected chi connectivity index (χ0v) is 11.7. The van der Waals surface area contributed by atoms with Gasteiger partial charge in [-0.15, -0.1) is 0 Å². The van der Waals surface area contributed by atoms with Gasteiger partial charge in [-0.3, -0.25) is 0 Å². The second kappa shape index (κ2) is 5.04. The molecule has 0 aliphatic carbocycles. The van der Waals surface area contributed by atoms with Crippen molar-refractivity contribution in [2.45, 2.75) is 64.5 Å². The van der Waals surface area contributed by atoms with Crippen molar-refractivity contribution in [3.05, 3.63) is 17.7 Å². The van der Waals surface area contributed by atoms with Gasteiger partial charge in [0, 0.05) is 36.9 Å². The molecule has 100 valence electrons. The fourth-order valence-corrected chi connectivity index (χ4v) is 3.47. The number of nitrogens with zero attached hydrogens (tertiary/aromatic N) is 3. The van der Waals surface area contributed by atoms with E-state index >= 15 is 0 Å². The number of imidazole rings is 1. The van der Waals surface area contributed by atoms with Crippen molar-refractivity contribution in [2.75, 3.05) is 13.1 Å². The Morgan fingerprint density at radius 1 is 1.22 bits per heavy atom. The van der Waals surface area contributed by atoms with Crippen LogP contribution >= 0.6 is 0 Å². The van der Waals surface area contributed by atoms with Crippen LogP contribution in [-0.2, 0) is 13.0 Å². The molecule has 0 radical (unpaired) electrons. The van der Waals surface area contributed by atoms with E-state index < -0.39 is 0 Å². The van der Waals surface area contributed by atoms with Crippen molar-refractivity contribution in [1.82, 2.24) is 14.5 Å². The number of rotatable bonds is 2. The molecule has 0 bridgehead atoms. The molecular formula is C15H25N3. The lowest BCUT2D eigenvalue weighted by atomic mass is 9.96. The Hall–Kier alpha value is -0.830. The number of hydrogen-bond donors (Lipinski definition) is 0. The van der Waals surface area contributed by atoms with E-state index in [9.17, 15) is 0 Å². The van der Waals surface area contributed by atoms with E-state index in [1.807, 2.05) is 0 Å². The van der Waals surface area contributed by atoms with Crippen molar-refractivity contribution in [1.29, 1.82) is 0 Å². The highest BCUT2D eigenvalue weighted by Gasteiger charge is 2.27. The van der Waals surface area contributed by atoms with Crippen LogP contribution in [0.25, 0.3) is 0 Å². The highest BCUT2D eigenvalue weighted by atomic mass is 15.2. The van der Waals surface area contributed by atoms with Gasteiger partial charge in [0.25, 0.3) is 0 Å². The number of fused-ring (bicyclic) bond motifs is 1. The first-order chi connectivity index (χ1) is 8.75. The van der Waals surface area contributed by atoms with Gasteiger partial charge in [0.2, 0.25) is 0 Å². The molecule has 0 amide bonds. The predicted octanol–water partition coefficient (Wildman–Crippen LogP) is 2.81. The molecule has 0 spiro atoms. The SMILES string of the molecule is CC(C)N1CCCC(c2ncc3n2CCCC3)C1. The molecule has 1 aromatic rings. The third-order valence-electron chi connectivity index (χ3n) is 4.58. The number of aryl methyl sites for hydroxylation is 1. The average molecular weight is 247 g/mol. The van der Waals surface area contributed by atoms with Crippen LogP contribution in [-0.4, -0.2) is 33.6 Å². The molecule has 1 atom stereocenters. The summed E-state index contributed by atoms with van der Waals surface area (Å²) in [5.41, 5.74) is 1.47. The molecule has 3 heterocycles. The average Bonchev–Trinajstić information content (AvgIpc) is 2.82. The van der Waals surface area contributed by atoms with E-state index in [4.69, 9.17) is 4.98 Å². The van der Waals surface area contributed by atoms with Crippen LogP contribution < -0.4 is 0 Å². The van der Waals surface area contributed by atoms with Crippen molar-refractivity contribution < 1.29 is 0 Å². The molecule has 1 saturated heterocycles. The summed E-state index contributed by atoms with van der Waals surface area (Å²) >= 11 is 0. The lowest BCUT2D eigenvalue weighted by molar-refractivity contribution is 0.163. The van der Waals surface area contributed by atoms with Gasteiger partial charge in [-0.1, -0.05) is 0 Å². The summed E-state index contributed by atoms with van der Waals surface area (Å²) in [6.07, 6.45) is 8.67. The summed E-state index contributed by atoms with van der Waals surface area (Å²) in [6, 6.07) is 0.670. The Morgan fingerprint density at radius 3 is 2.94 bits per heavy atom. The van der Waals surface area contributed by atoms with Crippen LogP contribution in [0.3, 0.4) is 0 Å². The standard InChI is InChI=1S/C15H25N3/c1-12(2)17-8-5-6-13(11-17)15-16-10-14-7-3-4-9-18(14)15/h10,12-13H,3-9,11H2,1-2H3. The van der Waals surface area contributed by atoms with Gasteiger partial charge in [-0.25, -0.2) is 4.98 Å². The molecule has 0 N–H and O–H groups in total. The largest absolute Gasteiger partial charge is 0.332 e. The maximum atomic E-state index is 4.75. The monoisotopic (exact) mass is 247 g/mol. The zero-order chi connectivity index (χ0) is 12.5. The maximum Gasteiger partial charge on any atom is 0.113 e. The summed E-state index contributed by atoms with van der Waals surface area (Å²) in [5.74, 6) is 2.03. The van der Waals surface area contributed by atoms with E-state index in [1.165, 1.54) is 63.3 Å². The van der Waals surface area contributed by atoms with Crippen LogP contribution in [0.15, 0.2) is 6.20 Å². The first-order valence-electron chi connectivity index (χ1n) is 7.54. The lowest BCUT2D eigenvalue weighted by Crippen LogP contribution is -2.39. The summed E-state index contributed by atoms with van der Waals surface area (Å²) < 4.78 is 2.51. The number of likely N-dealkylation sites (tertiary alicyclic amines) is 1. The lowest BCUT2D eigenvalue weighted by Gasteiger charge is -2.35. The molecule has 3 heteroatoms. The Bertz CT molecular complexity index is 408. The number of hydrogen-bond acceptors (Lipinski definition) is 2. The Labute approximate surface area is 110 Å². The molecule has 1 fully saturated rings. The molecule has 3 nitrogen and oxygen atoms in total. The number of aromatic nitrogens is 2. The summed E-state index contributed by atoms with van der Waals surface area (Å²) in [5, 5.41) is 0. The molecule has 1 unspecified atom stereocenters. The minimum Gasteiger partial charge on any atom is -0.332 e. The van der Waals surface area contributed by atoms with E-state index in [0.29, 0.717) is 12.0 Å². The van der Waals surface area contributed by atoms with Gasteiger partial charge in [-0.2, -0.15) is 0 Å². The Kier molecular flexibility index (Phi) is 3.42. The Balaban J connectivity index is 1.79. The third kappa shape index (κ3) is 2.20. The minimum absolute atomic E-state index is 0.660. The normalized spacial score (nSPS) is 25.4. The molecule has 0 saturated carbocycles. The topological polar surface area (TPSA) is 21.1 Å². The third-order valence-corrected chi connectivity index (χ3v) is 4.58. The van der Waals surface area contributed by atoms with Crippen molar-refractivity contribution in [2.24, 2.45) is 0 Å². The molecular weight excluding hydrogens is 222 g/mol. The van der Waals surface area contributed by atoms with Gasteiger partial charge >= 0.3 is 0 Å². The van der Waals surface area contributed by atoms with Gasteiger partial charge in [0.05, 0.1) is 0 Å². The van der Waals surface area contributed by atoms with Crippen molar-refractivity contribution >= 4 is 0 Å². The van der Waals surface area contributed by atoms with Crippen molar-refractivity contribution in [3.63, 3.8) is 0 Å².